The van der Waals surface area contributed by atoms with Crippen LogP contribution in [0, 0.1) is 11.8 Å². The highest BCUT2D eigenvalue weighted by atomic mass is 16.7. The number of nitrogens with two attached hydrogens (primary N) is 1. The van der Waals surface area contributed by atoms with Gasteiger partial charge in [-0.05, 0) is 66.9 Å². The molecule has 6 N–H and O–H groups in total. The number of carbonyl (C=O) groups is 1. The number of phenols is 1. The van der Waals surface area contributed by atoms with Crippen molar-refractivity contribution in [2.75, 3.05) is 47.3 Å². The predicted octanol–water partition coefficient (Wildman–Crippen LogP) is 1.74. The first-order chi connectivity index (χ1) is 19.0. The summed E-state index contributed by atoms with van der Waals surface area (Å²) in [6.07, 6.45) is 1.16. The van der Waals surface area contributed by atoms with Gasteiger partial charge in [0.2, 0.25) is 18.4 Å². The molecule has 0 aromatic heterocycles. The van der Waals surface area contributed by atoms with Crippen LogP contribution in [0.4, 0.5) is 0 Å². The molecule has 0 bridgehead atoms. The Morgan fingerprint density at radius 1 is 1.05 bits per heavy atom. The summed E-state index contributed by atoms with van der Waals surface area (Å²) in [5.74, 6) is 0.534. The minimum Gasteiger partial charge on any atom is -0.502 e. The monoisotopic (exact) mass is 543 g/mol. The molecule has 0 spiro atoms. The standard InChI is InChI=1S/C28H37N3O8/c1-35-21-9-15(10-22(36-2)27(21)33)24-16-11-19-20(39-14-38-19)12-17(16)26(18-13-37-28(34)25(18)24)31-23(32)5-8-30-7-4-3-6-29/h9-12,18,24-26,28,30,33-34H,3-8,13-14,29H2,1-2H3,(H,31,32)/t18-,24+,25-,26+,28?/m0/s1. The summed E-state index contributed by atoms with van der Waals surface area (Å²) in [5, 5.41) is 28.1. The molecule has 39 heavy (non-hydrogen) atoms. The number of hydrogen-bond acceptors (Lipinski definition) is 10. The van der Waals surface area contributed by atoms with Gasteiger partial charge in [0.15, 0.2) is 29.3 Å². The van der Waals surface area contributed by atoms with Gasteiger partial charge in [-0.3, -0.25) is 4.79 Å². The van der Waals surface area contributed by atoms with E-state index in [0.29, 0.717) is 31.0 Å². The number of unbranched alkanes of at least 4 members (excludes halogenated alkanes) is 1. The Hall–Kier alpha value is -3.25. The summed E-state index contributed by atoms with van der Waals surface area (Å²) in [6, 6.07) is 6.91. The molecular weight excluding hydrogens is 506 g/mol. The number of aromatic hydroxyl groups is 1. The molecule has 0 saturated carbocycles. The van der Waals surface area contributed by atoms with Crippen molar-refractivity contribution in [3.05, 3.63) is 41.0 Å². The number of aliphatic hydroxyl groups excluding tert-OH is 1. The highest BCUT2D eigenvalue weighted by Crippen LogP contribution is 2.56. The van der Waals surface area contributed by atoms with Crippen LogP contribution in [-0.2, 0) is 9.53 Å². The highest BCUT2D eigenvalue weighted by Gasteiger charge is 2.52. The molecule has 5 rings (SSSR count). The van der Waals surface area contributed by atoms with E-state index in [9.17, 15) is 15.0 Å². The fraction of sp³-hybridized carbons (Fsp3) is 0.536. The molecule has 212 valence electrons. The third-order valence-electron chi connectivity index (χ3n) is 7.86. The SMILES string of the molecule is COc1cc([C@@H]2c3cc4c(cc3[C@@H](NC(=O)CCNCCCCN)[C@H]3COC(O)[C@H]23)OCO4)cc(OC)c1O. The van der Waals surface area contributed by atoms with E-state index in [2.05, 4.69) is 10.6 Å². The van der Waals surface area contributed by atoms with Gasteiger partial charge >= 0.3 is 0 Å². The number of benzene rings is 2. The second kappa shape index (κ2) is 11.9. The minimum absolute atomic E-state index is 0.0958. The molecule has 1 aliphatic carbocycles. The number of fused-ring (bicyclic) bond motifs is 3. The second-order valence-corrected chi connectivity index (χ2v) is 10.1. The van der Waals surface area contributed by atoms with Crippen molar-refractivity contribution < 1.29 is 38.7 Å². The van der Waals surface area contributed by atoms with Gasteiger partial charge in [0.05, 0.1) is 26.9 Å². The van der Waals surface area contributed by atoms with Crippen LogP contribution >= 0.6 is 0 Å². The molecule has 3 aliphatic rings. The maximum Gasteiger partial charge on any atom is 0.231 e. The number of carbonyl (C=O) groups excluding carboxylic acids is 1. The third-order valence-corrected chi connectivity index (χ3v) is 7.86. The van der Waals surface area contributed by atoms with Crippen molar-refractivity contribution in [2.45, 2.75) is 37.5 Å². The fourth-order valence-corrected chi connectivity index (χ4v) is 5.97. The van der Waals surface area contributed by atoms with Crippen LogP contribution in [-0.4, -0.2) is 69.7 Å². The maximum absolute atomic E-state index is 13.1. The van der Waals surface area contributed by atoms with Crippen molar-refractivity contribution in [3.8, 4) is 28.7 Å². The number of amides is 1. The normalized spacial score (nSPS) is 24.7. The van der Waals surface area contributed by atoms with Crippen molar-refractivity contribution in [1.29, 1.82) is 0 Å². The molecule has 11 nitrogen and oxygen atoms in total. The zero-order chi connectivity index (χ0) is 27.5. The fourth-order valence-electron chi connectivity index (χ4n) is 5.97. The average molecular weight is 544 g/mol. The Kier molecular flexibility index (Phi) is 8.31. The van der Waals surface area contributed by atoms with E-state index >= 15 is 0 Å². The lowest BCUT2D eigenvalue weighted by molar-refractivity contribution is -0.122. The Bertz CT molecular complexity index is 1170. The van der Waals surface area contributed by atoms with E-state index < -0.39 is 18.2 Å². The molecule has 2 heterocycles. The van der Waals surface area contributed by atoms with Crippen LogP contribution < -0.4 is 35.3 Å². The zero-order valence-electron chi connectivity index (χ0n) is 22.3. The summed E-state index contributed by atoms with van der Waals surface area (Å²) in [7, 11) is 2.94. The lowest BCUT2D eigenvalue weighted by Gasteiger charge is -2.41. The molecule has 2 aromatic rings. The smallest absolute Gasteiger partial charge is 0.231 e. The summed E-state index contributed by atoms with van der Waals surface area (Å²) in [6.45, 7) is 2.40. The molecule has 1 amide bonds. The first-order valence-electron chi connectivity index (χ1n) is 13.3. The lowest BCUT2D eigenvalue weighted by atomic mass is 9.65. The Morgan fingerprint density at radius 3 is 2.41 bits per heavy atom. The largest absolute Gasteiger partial charge is 0.502 e. The number of ether oxygens (including phenoxy) is 5. The van der Waals surface area contributed by atoms with E-state index in [1.165, 1.54) is 14.2 Å². The van der Waals surface area contributed by atoms with Gasteiger partial charge in [0.1, 0.15) is 0 Å². The van der Waals surface area contributed by atoms with Crippen molar-refractivity contribution >= 4 is 5.91 Å². The van der Waals surface area contributed by atoms with Gasteiger partial charge in [0, 0.05) is 30.7 Å². The number of phenolic OH excluding ortho intramolecular Hbond substituents is 1. The van der Waals surface area contributed by atoms with E-state index in [1.54, 1.807) is 12.1 Å². The van der Waals surface area contributed by atoms with Gasteiger partial charge in [-0.25, -0.2) is 0 Å². The lowest BCUT2D eigenvalue weighted by Crippen LogP contribution is -2.44. The van der Waals surface area contributed by atoms with Crippen LogP contribution in [0.2, 0.25) is 0 Å². The van der Waals surface area contributed by atoms with Gasteiger partial charge in [-0.1, -0.05) is 0 Å². The molecule has 1 fully saturated rings. The first kappa shape index (κ1) is 27.3. The number of hydrogen-bond donors (Lipinski definition) is 5. The van der Waals surface area contributed by atoms with Crippen LogP contribution in [0.15, 0.2) is 24.3 Å². The summed E-state index contributed by atoms with van der Waals surface area (Å²) in [5.41, 5.74) is 8.05. The molecule has 0 radical (unpaired) electrons. The number of rotatable bonds is 11. The summed E-state index contributed by atoms with van der Waals surface area (Å²) >= 11 is 0. The van der Waals surface area contributed by atoms with Gasteiger partial charge in [-0.2, -0.15) is 0 Å². The van der Waals surface area contributed by atoms with Crippen molar-refractivity contribution in [3.63, 3.8) is 0 Å². The highest BCUT2D eigenvalue weighted by molar-refractivity contribution is 5.77. The Morgan fingerprint density at radius 2 is 1.74 bits per heavy atom. The van der Waals surface area contributed by atoms with E-state index in [-0.39, 0.29) is 48.4 Å². The Labute approximate surface area is 227 Å². The van der Waals surface area contributed by atoms with Crippen molar-refractivity contribution in [2.24, 2.45) is 17.6 Å². The molecule has 2 aromatic carbocycles. The summed E-state index contributed by atoms with van der Waals surface area (Å²) in [4.78, 5) is 13.1. The Balaban J connectivity index is 1.50. The zero-order valence-corrected chi connectivity index (χ0v) is 22.3. The average Bonchev–Trinajstić information content (AvgIpc) is 3.56. The van der Waals surface area contributed by atoms with Crippen LogP contribution in [0.25, 0.3) is 0 Å². The van der Waals surface area contributed by atoms with E-state index in [1.807, 2.05) is 12.1 Å². The predicted molar refractivity (Wildman–Crippen MR) is 141 cm³/mol. The summed E-state index contributed by atoms with van der Waals surface area (Å²) < 4.78 is 28.0. The molecule has 1 unspecified atom stereocenters. The van der Waals surface area contributed by atoms with Gasteiger partial charge in [-0.15, -0.1) is 0 Å². The number of nitrogens with one attached hydrogen (secondary N) is 2. The molecule has 5 atom stereocenters. The van der Waals surface area contributed by atoms with Crippen LogP contribution in [0.5, 0.6) is 28.7 Å². The maximum atomic E-state index is 13.1. The van der Waals surface area contributed by atoms with Crippen LogP contribution in [0.1, 0.15) is 47.9 Å². The van der Waals surface area contributed by atoms with Crippen LogP contribution in [0.3, 0.4) is 0 Å². The van der Waals surface area contributed by atoms with Gasteiger partial charge < -0.3 is 50.3 Å². The second-order valence-electron chi connectivity index (χ2n) is 10.1. The topological polar surface area (TPSA) is 154 Å². The van der Waals surface area contributed by atoms with E-state index in [0.717, 1.165) is 36.1 Å². The number of aliphatic hydroxyl groups is 1. The van der Waals surface area contributed by atoms with E-state index in [4.69, 9.17) is 29.4 Å². The third kappa shape index (κ3) is 5.31. The minimum atomic E-state index is -1.06. The first-order valence-corrected chi connectivity index (χ1v) is 13.3. The van der Waals surface area contributed by atoms with Gasteiger partial charge in [0.25, 0.3) is 0 Å². The molecule has 11 heteroatoms. The quantitative estimate of drug-likeness (QED) is 0.265. The molecule has 1 saturated heterocycles. The van der Waals surface area contributed by atoms with Crippen molar-refractivity contribution in [1.82, 2.24) is 10.6 Å². The number of methoxy groups -OCH3 is 2. The molecule has 2 aliphatic heterocycles. The molecular formula is C28H37N3O8.